The molecule has 1 amide bonds. The molecule has 0 aliphatic heterocycles. The van der Waals surface area contributed by atoms with Crippen molar-refractivity contribution in [1.29, 1.82) is 0 Å². The molecule has 1 N–H and O–H groups in total. The molecule has 0 aliphatic carbocycles. The van der Waals surface area contributed by atoms with E-state index in [4.69, 9.17) is 9.47 Å². The van der Waals surface area contributed by atoms with Gasteiger partial charge in [0.2, 0.25) is 0 Å². The van der Waals surface area contributed by atoms with Crippen LogP contribution in [0.2, 0.25) is 0 Å². The first-order valence-electron chi connectivity index (χ1n) is 10.2. The number of fused-ring (bicyclic) bond motifs is 1. The number of nitrogens with zero attached hydrogens (tertiary/aromatic N) is 3. The van der Waals surface area contributed by atoms with Gasteiger partial charge in [-0.25, -0.2) is 9.50 Å². The number of carbonyl (C=O) groups excluding carboxylic acids is 1. The number of rotatable bonds is 6. The van der Waals surface area contributed by atoms with Gasteiger partial charge in [-0.05, 0) is 48.5 Å². The standard InChI is InChI=1S/C23H16F6N4O4/c1-35-17-8-3-12(9-18(17)36-2)16-10-19(22(24,25)26)33-20(32-16)15(11-30-33)21(34)31-13-4-6-14(7-5-13)37-23(27,28)29/h3-11H,1-2H3,(H,31,34). The van der Waals surface area contributed by atoms with Crippen molar-refractivity contribution in [3.63, 3.8) is 0 Å². The number of amides is 1. The van der Waals surface area contributed by atoms with Crippen LogP contribution in [0.4, 0.5) is 32.0 Å². The van der Waals surface area contributed by atoms with E-state index in [1.54, 1.807) is 0 Å². The lowest BCUT2D eigenvalue weighted by Crippen LogP contribution is -2.17. The van der Waals surface area contributed by atoms with E-state index in [1.807, 2.05) is 0 Å². The normalized spacial score (nSPS) is 11.9. The SMILES string of the molecule is COc1ccc(-c2cc(C(F)(F)F)n3ncc(C(=O)Nc4ccc(OC(F)(F)F)cc4)c3n2)cc1OC. The van der Waals surface area contributed by atoms with Crippen LogP contribution in [0.25, 0.3) is 16.9 Å². The first kappa shape index (κ1) is 25.6. The van der Waals surface area contributed by atoms with E-state index in [2.05, 4.69) is 20.1 Å². The summed E-state index contributed by atoms with van der Waals surface area (Å²) in [6.45, 7) is 0. The molecule has 0 radical (unpaired) electrons. The Morgan fingerprint density at radius 3 is 2.19 bits per heavy atom. The monoisotopic (exact) mass is 526 g/mol. The van der Waals surface area contributed by atoms with Gasteiger partial charge in [-0.15, -0.1) is 13.2 Å². The molecule has 2 aromatic heterocycles. The van der Waals surface area contributed by atoms with E-state index < -0.39 is 35.5 Å². The smallest absolute Gasteiger partial charge is 0.493 e. The van der Waals surface area contributed by atoms with Crippen molar-refractivity contribution in [1.82, 2.24) is 14.6 Å². The van der Waals surface area contributed by atoms with Gasteiger partial charge in [0.25, 0.3) is 5.91 Å². The van der Waals surface area contributed by atoms with E-state index in [9.17, 15) is 31.1 Å². The third-order valence-electron chi connectivity index (χ3n) is 5.03. The predicted octanol–water partition coefficient (Wildman–Crippen LogP) is 5.58. The summed E-state index contributed by atoms with van der Waals surface area (Å²) in [6, 6.07) is 9.37. The zero-order valence-electron chi connectivity index (χ0n) is 18.9. The molecule has 0 atom stereocenters. The van der Waals surface area contributed by atoms with Crippen LogP contribution in [-0.2, 0) is 6.18 Å². The summed E-state index contributed by atoms with van der Waals surface area (Å²) in [5.74, 6) is -0.804. The molecule has 0 saturated heterocycles. The minimum absolute atomic E-state index is 0.0611. The van der Waals surface area contributed by atoms with Crippen LogP contribution in [0.1, 0.15) is 16.1 Å². The van der Waals surface area contributed by atoms with Gasteiger partial charge in [0, 0.05) is 11.3 Å². The summed E-state index contributed by atoms with van der Waals surface area (Å²) in [6.07, 6.45) is -8.83. The number of halogens is 6. The van der Waals surface area contributed by atoms with Crippen LogP contribution in [0.5, 0.6) is 17.2 Å². The second kappa shape index (κ2) is 9.52. The molecule has 8 nitrogen and oxygen atoms in total. The molecule has 2 aromatic carbocycles. The number of ether oxygens (including phenoxy) is 3. The number of aromatic nitrogens is 3. The summed E-state index contributed by atoms with van der Waals surface area (Å²) in [5, 5.41) is 6.07. The Morgan fingerprint density at radius 2 is 1.59 bits per heavy atom. The quantitative estimate of drug-likeness (QED) is 0.330. The first-order chi connectivity index (χ1) is 17.4. The van der Waals surface area contributed by atoms with Crippen molar-refractivity contribution in [3.8, 4) is 28.5 Å². The fourth-order valence-corrected chi connectivity index (χ4v) is 3.41. The number of carbonyl (C=O) groups is 1. The largest absolute Gasteiger partial charge is 0.573 e. The summed E-state index contributed by atoms with van der Waals surface area (Å²) in [7, 11) is 2.76. The summed E-state index contributed by atoms with van der Waals surface area (Å²) < 4.78 is 93.2. The van der Waals surface area contributed by atoms with Crippen LogP contribution in [0.3, 0.4) is 0 Å². The molecular formula is C23H16F6N4O4. The molecule has 37 heavy (non-hydrogen) atoms. The Hall–Kier alpha value is -4.49. The fourth-order valence-electron chi connectivity index (χ4n) is 3.41. The number of alkyl halides is 6. The van der Waals surface area contributed by atoms with Crippen LogP contribution >= 0.6 is 0 Å². The molecule has 14 heteroatoms. The summed E-state index contributed by atoms with van der Waals surface area (Å²) in [5.41, 5.74) is -1.69. The highest BCUT2D eigenvalue weighted by Crippen LogP contribution is 2.36. The van der Waals surface area contributed by atoms with Crippen LogP contribution < -0.4 is 19.5 Å². The zero-order valence-corrected chi connectivity index (χ0v) is 18.9. The Labute approximate surface area is 204 Å². The van der Waals surface area contributed by atoms with E-state index >= 15 is 0 Å². The number of benzene rings is 2. The average molecular weight is 526 g/mol. The number of hydrogen-bond acceptors (Lipinski definition) is 6. The van der Waals surface area contributed by atoms with Crippen LogP contribution in [-0.4, -0.2) is 41.1 Å². The van der Waals surface area contributed by atoms with Crippen LogP contribution in [0, 0.1) is 0 Å². The van der Waals surface area contributed by atoms with Gasteiger partial charge >= 0.3 is 12.5 Å². The molecular weight excluding hydrogens is 510 g/mol. The summed E-state index contributed by atoms with van der Waals surface area (Å²) >= 11 is 0. The van der Waals surface area contributed by atoms with E-state index in [-0.39, 0.29) is 28.3 Å². The van der Waals surface area contributed by atoms with Gasteiger partial charge < -0.3 is 19.5 Å². The molecule has 0 fully saturated rings. The van der Waals surface area contributed by atoms with Gasteiger partial charge in [-0.3, -0.25) is 4.79 Å². The van der Waals surface area contributed by atoms with Gasteiger partial charge in [0.1, 0.15) is 11.3 Å². The van der Waals surface area contributed by atoms with E-state index in [1.165, 1.54) is 32.4 Å². The van der Waals surface area contributed by atoms with Gasteiger partial charge in [-0.1, -0.05) is 0 Å². The second-order valence-corrected chi connectivity index (χ2v) is 7.41. The molecule has 4 rings (SSSR count). The van der Waals surface area contributed by atoms with Gasteiger partial charge in [0.05, 0.1) is 26.1 Å². The molecule has 0 bridgehead atoms. The molecule has 0 saturated carbocycles. The Balaban J connectivity index is 1.73. The van der Waals surface area contributed by atoms with Crippen molar-refractivity contribution >= 4 is 17.2 Å². The molecule has 194 valence electrons. The topological polar surface area (TPSA) is 87.0 Å². The summed E-state index contributed by atoms with van der Waals surface area (Å²) in [4.78, 5) is 17.1. The van der Waals surface area contributed by atoms with E-state index in [0.717, 1.165) is 36.5 Å². The molecule has 0 spiro atoms. The van der Waals surface area contributed by atoms with Crippen molar-refractivity contribution < 1.29 is 45.3 Å². The average Bonchev–Trinajstić information content (AvgIpc) is 3.26. The molecule has 0 aliphatic rings. The van der Waals surface area contributed by atoms with Gasteiger partial charge in [0.15, 0.2) is 22.8 Å². The molecule has 0 unspecified atom stereocenters. The highest BCUT2D eigenvalue weighted by atomic mass is 19.4. The highest BCUT2D eigenvalue weighted by Gasteiger charge is 2.36. The lowest BCUT2D eigenvalue weighted by Gasteiger charge is -2.13. The Kier molecular flexibility index (Phi) is 6.59. The predicted molar refractivity (Wildman–Crippen MR) is 118 cm³/mol. The molecule has 4 aromatic rings. The van der Waals surface area contributed by atoms with Crippen molar-refractivity contribution in [2.24, 2.45) is 0 Å². The lowest BCUT2D eigenvalue weighted by atomic mass is 10.1. The number of methoxy groups -OCH3 is 2. The minimum atomic E-state index is -4.89. The second-order valence-electron chi connectivity index (χ2n) is 7.41. The maximum atomic E-state index is 13.9. The lowest BCUT2D eigenvalue weighted by molar-refractivity contribution is -0.274. The third kappa shape index (κ3) is 5.52. The van der Waals surface area contributed by atoms with E-state index in [0.29, 0.717) is 10.3 Å². The zero-order chi connectivity index (χ0) is 27.0. The number of nitrogens with one attached hydrogen (secondary N) is 1. The maximum Gasteiger partial charge on any atom is 0.573 e. The third-order valence-corrected chi connectivity index (χ3v) is 5.03. The number of hydrogen-bond donors (Lipinski definition) is 1. The highest BCUT2D eigenvalue weighted by molar-refractivity contribution is 6.08. The van der Waals surface area contributed by atoms with Crippen LogP contribution in [0.15, 0.2) is 54.7 Å². The minimum Gasteiger partial charge on any atom is -0.493 e. The fraction of sp³-hybridized carbons (Fsp3) is 0.174. The van der Waals surface area contributed by atoms with Crippen molar-refractivity contribution in [3.05, 3.63) is 66.0 Å². The first-order valence-corrected chi connectivity index (χ1v) is 10.2. The molecule has 2 heterocycles. The van der Waals surface area contributed by atoms with Gasteiger partial charge in [-0.2, -0.15) is 18.3 Å². The Bertz CT molecular complexity index is 1450. The maximum absolute atomic E-state index is 13.9. The van der Waals surface area contributed by atoms with Crippen molar-refractivity contribution in [2.75, 3.05) is 19.5 Å². The number of anilines is 1. The van der Waals surface area contributed by atoms with Crippen molar-refractivity contribution in [2.45, 2.75) is 12.5 Å². The Morgan fingerprint density at radius 1 is 0.919 bits per heavy atom.